The molecule has 0 unspecified atom stereocenters. The predicted octanol–water partition coefficient (Wildman–Crippen LogP) is 3.04. The molecule has 0 aromatic rings. The lowest BCUT2D eigenvalue weighted by Crippen LogP contribution is -2.12. The minimum atomic E-state index is 0.377. The van der Waals surface area contributed by atoms with Gasteiger partial charge in [-0.15, -0.1) is 11.6 Å². The van der Waals surface area contributed by atoms with Crippen LogP contribution in [0.25, 0.3) is 0 Å². The van der Waals surface area contributed by atoms with E-state index in [0.717, 1.165) is 17.6 Å². The zero-order valence-electron chi connectivity index (χ0n) is 5.38. The highest BCUT2D eigenvalue weighted by molar-refractivity contribution is 9.09. The van der Waals surface area contributed by atoms with Gasteiger partial charge in [-0.25, -0.2) is 0 Å². The molecule has 0 bridgehead atoms. The Hall–Kier alpha value is 0.770. The topological polar surface area (TPSA) is 0 Å². The normalized spacial score (nSPS) is 12.0. The Morgan fingerprint density at radius 3 is 2.12 bits per heavy atom. The van der Waals surface area contributed by atoms with Gasteiger partial charge < -0.3 is 0 Å². The second kappa shape index (κ2) is 3.73. The summed E-state index contributed by atoms with van der Waals surface area (Å²) < 4.78 is 0. The van der Waals surface area contributed by atoms with Crippen LogP contribution in [0.1, 0.15) is 20.3 Å². The van der Waals surface area contributed by atoms with Gasteiger partial charge in [-0.3, -0.25) is 0 Å². The molecule has 8 heavy (non-hydrogen) atoms. The Morgan fingerprint density at radius 2 is 2.00 bits per heavy atom. The van der Waals surface area contributed by atoms with E-state index in [4.69, 9.17) is 11.6 Å². The van der Waals surface area contributed by atoms with E-state index < -0.39 is 0 Å². The van der Waals surface area contributed by atoms with Crippen LogP contribution in [0, 0.1) is 5.41 Å². The molecular weight excluding hydrogens is 187 g/mol. The van der Waals surface area contributed by atoms with Crippen LogP contribution in [-0.2, 0) is 0 Å². The van der Waals surface area contributed by atoms with Gasteiger partial charge in [-0.1, -0.05) is 29.8 Å². The van der Waals surface area contributed by atoms with Crippen LogP contribution in [0.2, 0.25) is 0 Å². The van der Waals surface area contributed by atoms with E-state index in [1.807, 2.05) is 0 Å². The van der Waals surface area contributed by atoms with Crippen molar-refractivity contribution >= 4 is 27.5 Å². The number of alkyl halides is 2. The first kappa shape index (κ1) is 8.77. The molecule has 0 N–H and O–H groups in total. The zero-order valence-corrected chi connectivity index (χ0v) is 7.72. The van der Waals surface area contributed by atoms with Crippen LogP contribution >= 0.6 is 27.5 Å². The second-order valence-electron chi connectivity index (χ2n) is 2.74. The first-order valence-electron chi connectivity index (χ1n) is 2.74. The molecule has 0 amide bonds. The van der Waals surface area contributed by atoms with E-state index in [0.29, 0.717) is 5.41 Å². The summed E-state index contributed by atoms with van der Waals surface area (Å²) in [6.07, 6.45) is 1.08. The monoisotopic (exact) mass is 198 g/mol. The van der Waals surface area contributed by atoms with Crippen molar-refractivity contribution in [2.45, 2.75) is 20.3 Å². The Morgan fingerprint density at radius 1 is 1.50 bits per heavy atom. The minimum Gasteiger partial charge on any atom is -0.127 e. The zero-order chi connectivity index (χ0) is 6.62. The van der Waals surface area contributed by atoms with E-state index in [-0.39, 0.29) is 0 Å². The lowest BCUT2D eigenvalue weighted by Gasteiger charge is -2.18. The Kier molecular flexibility index (Phi) is 4.09. The van der Waals surface area contributed by atoms with E-state index in [1.54, 1.807) is 0 Å². The summed E-state index contributed by atoms with van der Waals surface area (Å²) in [5, 5.41) is 1.03. The van der Waals surface area contributed by atoms with Crippen molar-refractivity contribution in [2.75, 3.05) is 11.2 Å². The van der Waals surface area contributed by atoms with Crippen LogP contribution < -0.4 is 0 Å². The lowest BCUT2D eigenvalue weighted by molar-refractivity contribution is 0.414. The average molecular weight is 200 g/mol. The molecule has 0 spiro atoms. The third kappa shape index (κ3) is 3.73. The van der Waals surface area contributed by atoms with E-state index in [2.05, 4.69) is 29.8 Å². The molecule has 0 atom stereocenters. The second-order valence-corrected chi connectivity index (χ2v) is 3.68. The number of rotatable bonds is 3. The van der Waals surface area contributed by atoms with Gasteiger partial charge in [0.1, 0.15) is 0 Å². The maximum absolute atomic E-state index is 5.54. The predicted molar refractivity (Wildman–Crippen MR) is 42.9 cm³/mol. The van der Waals surface area contributed by atoms with E-state index >= 15 is 0 Å². The van der Waals surface area contributed by atoms with Crippen molar-refractivity contribution in [1.82, 2.24) is 0 Å². The summed E-state index contributed by atoms with van der Waals surface area (Å²) in [6.45, 7) is 4.40. The summed E-state index contributed by atoms with van der Waals surface area (Å²) in [5.74, 6) is 0.763. The number of hydrogen-bond acceptors (Lipinski definition) is 0. The van der Waals surface area contributed by atoms with Crippen molar-refractivity contribution in [3.05, 3.63) is 0 Å². The quantitative estimate of drug-likeness (QED) is 0.613. The van der Waals surface area contributed by atoms with Gasteiger partial charge in [0.25, 0.3) is 0 Å². The third-order valence-corrected chi connectivity index (χ3v) is 2.84. The van der Waals surface area contributed by atoms with Crippen molar-refractivity contribution in [3.8, 4) is 0 Å². The number of hydrogen-bond donors (Lipinski definition) is 0. The largest absolute Gasteiger partial charge is 0.127 e. The molecule has 0 aliphatic rings. The smallest absolute Gasteiger partial charge is 0.0228 e. The maximum Gasteiger partial charge on any atom is 0.0228 e. The van der Waals surface area contributed by atoms with Crippen LogP contribution in [0.15, 0.2) is 0 Å². The van der Waals surface area contributed by atoms with Crippen LogP contribution in [-0.4, -0.2) is 11.2 Å². The molecule has 0 nitrogen and oxygen atoms in total. The van der Waals surface area contributed by atoms with Crippen molar-refractivity contribution in [1.29, 1.82) is 0 Å². The highest BCUT2D eigenvalue weighted by atomic mass is 79.9. The fraction of sp³-hybridized carbons (Fsp3) is 1.00. The molecule has 0 heterocycles. The van der Waals surface area contributed by atoms with Gasteiger partial charge in [-0.05, 0) is 11.8 Å². The van der Waals surface area contributed by atoms with E-state index in [1.165, 1.54) is 0 Å². The Labute approximate surface area is 64.7 Å². The maximum atomic E-state index is 5.54. The standard InChI is InChI=1S/C6H12BrCl/c1-6(2,5-7)3-4-8/h3-5H2,1-2H3. The lowest BCUT2D eigenvalue weighted by atomic mass is 9.93. The van der Waals surface area contributed by atoms with Crippen molar-refractivity contribution < 1.29 is 0 Å². The van der Waals surface area contributed by atoms with E-state index in [9.17, 15) is 0 Å². The van der Waals surface area contributed by atoms with Crippen LogP contribution in [0.3, 0.4) is 0 Å². The van der Waals surface area contributed by atoms with Gasteiger partial charge >= 0.3 is 0 Å². The molecule has 0 aliphatic heterocycles. The average Bonchev–Trinajstić information content (AvgIpc) is 1.67. The fourth-order valence-electron chi connectivity index (χ4n) is 0.323. The van der Waals surface area contributed by atoms with Gasteiger partial charge in [0.05, 0.1) is 0 Å². The first-order chi connectivity index (χ1) is 3.62. The van der Waals surface area contributed by atoms with Gasteiger partial charge in [0, 0.05) is 11.2 Å². The van der Waals surface area contributed by atoms with Gasteiger partial charge in [-0.2, -0.15) is 0 Å². The molecule has 0 saturated heterocycles. The molecule has 0 aromatic heterocycles. The summed E-state index contributed by atoms with van der Waals surface area (Å²) in [4.78, 5) is 0. The van der Waals surface area contributed by atoms with Gasteiger partial charge in [0.2, 0.25) is 0 Å². The SMILES string of the molecule is CC(C)(CBr)CCCl. The summed E-state index contributed by atoms with van der Waals surface area (Å²) >= 11 is 8.96. The Bertz CT molecular complexity index is 61.5. The molecule has 0 aromatic carbocycles. The van der Waals surface area contributed by atoms with Crippen molar-refractivity contribution in [2.24, 2.45) is 5.41 Å². The van der Waals surface area contributed by atoms with Crippen LogP contribution in [0.4, 0.5) is 0 Å². The molecule has 2 heteroatoms. The summed E-state index contributed by atoms with van der Waals surface area (Å²) in [5.41, 5.74) is 0.377. The number of halogens is 2. The molecule has 0 fully saturated rings. The molecule has 0 radical (unpaired) electrons. The minimum absolute atomic E-state index is 0.377. The summed E-state index contributed by atoms with van der Waals surface area (Å²) in [7, 11) is 0. The molecule has 50 valence electrons. The fourth-order valence-corrected chi connectivity index (χ4v) is 1.11. The highest BCUT2D eigenvalue weighted by Gasteiger charge is 2.13. The molecular formula is C6H12BrCl. The van der Waals surface area contributed by atoms with Crippen LogP contribution in [0.5, 0.6) is 0 Å². The van der Waals surface area contributed by atoms with Gasteiger partial charge in [0.15, 0.2) is 0 Å². The Balaban J connectivity index is 3.37. The molecule has 0 saturated carbocycles. The molecule has 0 rings (SSSR count). The first-order valence-corrected chi connectivity index (χ1v) is 4.40. The third-order valence-electron chi connectivity index (χ3n) is 1.13. The van der Waals surface area contributed by atoms with Crippen molar-refractivity contribution in [3.63, 3.8) is 0 Å². The highest BCUT2D eigenvalue weighted by Crippen LogP contribution is 2.22. The molecule has 0 aliphatic carbocycles. The summed E-state index contributed by atoms with van der Waals surface area (Å²) in [6, 6.07) is 0.